The minimum Gasteiger partial charge on any atom is -0.506 e. The molecule has 0 unspecified atom stereocenters. The van der Waals surface area contributed by atoms with E-state index in [1.807, 2.05) is 30.3 Å². The Labute approximate surface area is 197 Å². The second-order valence-electron chi connectivity index (χ2n) is 9.49. The first-order valence-corrected chi connectivity index (χ1v) is 12.1. The Morgan fingerprint density at radius 1 is 0.970 bits per heavy atom. The Bertz CT molecular complexity index is 1130. The van der Waals surface area contributed by atoms with E-state index in [-0.39, 0.29) is 17.0 Å². The van der Waals surface area contributed by atoms with Gasteiger partial charge in [0.2, 0.25) is 5.78 Å². The van der Waals surface area contributed by atoms with E-state index in [0.717, 1.165) is 61.3 Å². The summed E-state index contributed by atoms with van der Waals surface area (Å²) in [5, 5.41) is 10.8. The Kier molecular flexibility index (Phi) is 6.55. The standard InChI is InChI=1S/C29H34N2O2/c1-5-7-17-31(18-8-6-2)21-15-13-20(14-16-21)26-27(32)22(28(26)33)19-25-29(3,4)23-11-9-10-12-24(23)30-25/h9-16,19,32H,5-8,17-18H2,1-4H3/b22-19-. The zero-order chi connectivity index (χ0) is 23.6. The number of hydrogen-bond acceptors (Lipinski definition) is 4. The first-order chi connectivity index (χ1) is 15.9. The van der Waals surface area contributed by atoms with Gasteiger partial charge in [0.1, 0.15) is 5.76 Å². The summed E-state index contributed by atoms with van der Waals surface area (Å²) in [6, 6.07) is 16.1. The van der Waals surface area contributed by atoms with E-state index in [0.29, 0.717) is 11.1 Å². The van der Waals surface area contributed by atoms with Crippen molar-refractivity contribution >= 4 is 28.4 Å². The van der Waals surface area contributed by atoms with Gasteiger partial charge in [0, 0.05) is 24.2 Å². The van der Waals surface area contributed by atoms with Crippen molar-refractivity contribution in [3.63, 3.8) is 0 Å². The molecule has 1 aliphatic carbocycles. The number of allylic oxidation sites excluding steroid dienone is 3. The molecule has 0 fully saturated rings. The van der Waals surface area contributed by atoms with Crippen molar-refractivity contribution in [2.45, 2.75) is 58.8 Å². The van der Waals surface area contributed by atoms with Gasteiger partial charge in [0.05, 0.1) is 22.5 Å². The van der Waals surface area contributed by atoms with Crippen LogP contribution in [0.5, 0.6) is 0 Å². The van der Waals surface area contributed by atoms with E-state index in [4.69, 9.17) is 4.99 Å². The quantitative estimate of drug-likeness (QED) is 0.428. The number of para-hydroxylation sites is 1. The van der Waals surface area contributed by atoms with Crippen LogP contribution < -0.4 is 4.90 Å². The highest BCUT2D eigenvalue weighted by Crippen LogP contribution is 2.42. The summed E-state index contributed by atoms with van der Waals surface area (Å²) in [5.41, 5.74) is 5.24. The van der Waals surface area contributed by atoms with E-state index in [1.165, 1.54) is 5.69 Å². The van der Waals surface area contributed by atoms with Gasteiger partial charge in [-0.15, -0.1) is 0 Å². The predicted molar refractivity (Wildman–Crippen MR) is 138 cm³/mol. The molecule has 0 saturated heterocycles. The number of carbonyl (C=O) groups excluding carboxylic acids is 1. The maximum Gasteiger partial charge on any atom is 0.201 e. The van der Waals surface area contributed by atoms with Gasteiger partial charge >= 0.3 is 0 Å². The molecule has 172 valence electrons. The normalized spacial score (nSPS) is 17.8. The fourth-order valence-corrected chi connectivity index (χ4v) is 4.59. The lowest BCUT2D eigenvalue weighted by Crippen LogP contribution is -2.28. The van der Waals surface area contributed by atoms with E-state index < -0.39 is 0 Å². The van der Waals surface area contributed by atoms with Crippen LogP contribution in [0, 0.1) is 0 Å². The van der Waals surface area contributed by atoms with Gasteiger partial charge in [-0.1, -0.05) is 70.9 Å². The molecule has 1 N–H and O–H groups in total. The zero-order valence-corrected chi connectivity index (χ0v) is 20.2. The SMILES string of the molecule is CCCCN(CCCC)c1ccc(C2=C(O)/C(=C/C3=Nc4ccccc4C3(C)C)C2=O)cc1. The third kappa shape index (κ3) is 4.27. The van der Waals surface area contributed by atoms with Crippen LogP contribution in [-0.2, 0) is 10.2 Å². The number of benzene rings is 2. The third-order valence-electron chi connectivity index (χ3n) is 6.79. The average molecular weight is 443 g/mol. The van der Waals surface area contributed by atoms with E-state index in [1.54, 1.807) is 6.08 Å². The summed E-state index contributed by atoms with van der Waals surface area (Å²) in [6.45, 7) is 10.7. The number of aliphatic hydroxyl groups is 1. The van der Waals surface area contributed by atoms with Crippen LogP contribution in [0.25, 0.3) is 5.57 Å². The summed E-state index contributed by atoms with van der Waals surface area (Å²) >= 11 is 0. The minimum absolute atomic E-state index is 0.0658. The van der Waals surface area contributed by atoms with Crippen LogP contribution in [0.1, 0.15) is 64.5 Å². The molecule has 4 rings (SSSR count). The first kappa shape index (κ1) is 23.0. The molecule has 0 amide bonds. The number of ketones is 1. The molecule has 0 radical (unpaired) electrons. The van der Waals surface area contributed by atoms with E-state index in [2.05, 4.69) is 50.8 Å². The number of anilines is 1. The van der Waals surface area contributed by atoms with Gasteiger partial charge in [-0.05, 0) is 48.2 Å². The molecule has 1 heterocycles. The van der Waals surface area contributed by atoms with Crippen LogP contribution in [0.15, 0.2) is 70.9 Å². The molecule has 2 aromatic rings. The van der Waals surface area contributed by atoms with Gasteiger partial charge in [-0.2, -0.15) is 0 Å². The lowest BCUT2D eigenvalue weighted by molar-refractivity contribution is -0.111. The van der Waals surface area contributed by atoms with Gasteiger partial charge in [0.15, 0.2) is 0 Å². The molecule has 1 aliphatic heterocycles. The van der Waals surface area contributed by atoms with E-state index >= 15 is 0 Å². The van der Waals surface area contributed by atoms with Crippen LogP contribution in [0.4, 0.5) is 11.4 Å². The third-order valence-corrected chi connectivity index (χ3v) is 6.79. The molecule has 4 heteroatoms. The Morgan fingerprint density at radius 2 is 1.61 bits per heavy atom. The molecule has 0 spiro atoms. The molecule has 0 saturated carbocycles. The van der Waals surface area contributed by atoms with E-state index in [9.17, 15) is 9.90 Å². The van der Waals surface area contributed by atoms with Crippen molar-refractivity contribution in [3.05, 3.63) is 77.1 Å². The molecule has 0 aromatic heterocycles. The first-order valence-electron chi connectivity index (χ1n) is 12.1. The number of nitrogens with zero attached hydrogens (tertiary/aromatic N) is 2. The number of unbranched alkanes of at least 4 members (excludes halogenated alkanes) is 2. The molecule has 0 atom stereocenters. The highest BCUT2D eigenvalue weighted by molar-refractivity contribution is 6.40. The molecule has 2 aromatic carbocycles. The minimum atomic E-state index is -0.304. The van der Waals surface area contributed by atoms with Gasteiger partial charge in [0.25, 0.3) is 0 Å². The fraction of sp³-hybridized carbons (Fsp3) is 0.379. The molecule has 2 aliphatic rings. The Morgan fingerprint density at radius 3 is 2.18 bits per heavy atom. The Hall–Kier alpha value is -3.14. The van der Waals surface area contributed by atoms with Crippen LogP contribution >= 0.6 is 0 Å². The predicted octanol–water partition coefficient (Wildman–Crippen LogP) is 6.94. The number of Topliss-reactive ketones (excluding diaryl/α,β-unsaturated/α-hetero) is 1. The van der Waals surface area contributed by atoms with Crippen molar-refractivity contribution in [3.8, 4) is 0 Å². The maximum absolute atomic E-state index is 13.0. The largest absolute Gasteiger partial charge is 0.506 e. The number of fused-ring (bicyclic) bond motifs is 1. The average Bonchev–Trinajstić information content (AvgIpc) is 3.08. The molecule has 33 heavy (non-hydrogen) atoms. The van der Waals surface area contributed by atoms with Crippen LogP contribution in [0.2, 0.25) is 0 Å². The summed E-state index contributed by atoms with van der Waals surface area (Å²) in [4.78, 5) is 20.1. The lowest BCUT2D eigenvalue weighted by atomic mass is 9.77. The lowest BCUT2D eigenvalue weighted by Gasteiger charge is -2.26. The molecule has 4 nitrogen and oxygen atoms in total. The second-order valence-corrected chi connectivity index (χ2v) is 9.49. The summed E-state index contributed by atoms with van der Waals surface area (Å²) in [6.07, 6.45) is 6.41. The smallest absolute Gasteiger partial charge is 0.201 e. The van der Waals surface area contributed by atoms with Crippen LogP contribution in [0.3, 0.4) is 0 Å². The number of hydrogen-bond donors (Lipinski definition) is 1. The van der Waals surface area contributed by atoms with Gasteiger partial charge in [-0.25, -0.2) is 0 Å². The summed E-state index contributed by atoms with van der Waals surface area (Å²) in [5.74, 6) is -0.0560. The summed E-state index contributed by atoms with van der Waals surface area (Å²) < 4.78 is 0. The number of aliphatic imine (C=N–C) groups is 1. The molecular formula is C29H34N2O2. The van der Waals surface area contributed by atoms with Gasteiger partial charge in [-0.3, -0.25) is 9.79 Å². The Balaban J connectivity index is 1.56. The number of carbonyl (C=O) groups is 1. The molecule has 0 bridgehead atoms. The van der Waals surface area contributed by atoms with Crippen molar-refractivity contribution in [2.24, 2.45) is 4.99 Å². The van der Waals surface area contributed by atoms with Crippen molar-refractivity contribution < 1.29 is 9.90 Å². The van der Waals surface area contributed by atoms with Crippen molar-refractivity contribution in [1.29, 1.82) is 0 Å². The fourth-order valence-electron chi connectivity index (χ4n) is 4.59. The maximum atomic E-state index is 13.0. The van der Waals surface area contributed by atoms with Crippen molar-refractivity contribution in [1.82, 2.24) is 0 Å². The summed E-state index contributed by atoms with van der Waals surface area (Å²) in [7, 11) is 0. The highest BCUT2D eigenvalue weighted by Gasteiger charge is 2.39. The molecular weight excluding hydrogens is 408 g/mol. The second kappa shape index (κ2) is 9.38. The number of rotatable bonds is 9. The highest BCUT2D eigenvalue weighted by atomic mass is 16.3. The van der Waals surface area contributed by atoms with Crippen molar-refractivity contribution in [2.75, 3.05) is 18.0 Å². The topological polar surface area (TPSA) is 52.9 Å². The zero-order valence-electron chi connectivity index (χ0n) is 20.2. The van der Waals surface area contributed by atoms with Gasteiger partial charge < -0.3 is 10.0 Å². The monoisotopic (exact) mass is 442 g/mol. The number of aliphatic hydroxyl groups excluding tert-OH is 1. The van der Waals surface area contributed by atoms with Crippen LogP contribution in [-0.4, -0.2) is 29.7 Å².